The smallest absolute Gasteiger partial charge is 0.462 e. The molecule has 528 valence electrons. The number of aliphatic hydroxyl groups excluding tert-OH is 1. The van der Waals surface area contributed by atoms with Gasteiger partial charge in [0.25, 0.3) is 0 Å². The molecule has 89 heavy (non-hydrogen) atoms. The zero-order chi connectivity index (χ0) is 65.7. The van der Waals surface area contributed by atoms with Crippen LogP contribution in [-0.4, -0.2) is 96.7 Å². The number of carbonyl (C=O) groups excluding carboxylic acids is 4. The highest BCUT2D eigenvalue weighted by molar-refractivity contribution is 7.47. The van der Waals surface area contributed by atoms with Crippen molar-refractivity contribution in [3.63, 3.8) is 0 Å². The van der Waals surface area contributed by atoms with Gasteiger partial charge in [0.2, 0.25) is 0 Å². The molecule has 2 unspecified atom stereocenters. The van der Waals surface area contributed by atoms with Gasteiger partial charge >= 0.3 is 39.5 Å². The van der Waals surface area contributed by atoms with E-state index in [1.807, 2.05) is 0 Å². The maximum absolute atomic E-state index is 13.0. The fourth-order valence-electron chi connectivity index (χ4n) is 10.6. The number of ether oxygens (including phenoxy) is 4. The van der Waals surface area contributed by atoms with Crippen molar-refractivity contribution in [3.8, 4) is 0 Å². The van der Waals surface area contributed by atoms with Gasteiger partial charge in [-0.1, -0.05) is 305 Å². The second-order valence-corrected chi connectivity index (χ2v) is 29.1. The van der Waals surface area contributed by atoms with E-state index in [-0.39, 0.29) is 25.7 Å². The number of hydrogen-bond donors (Lipinski definition) is 3. The number of hydrogen-bond acceptors (Lipinski definition) is 15. The van der Waals surface area contributed by atoms with Gasteiger partial charge in [-0.05, 0) is 37.5 Å². The maximum Gasteiger partial charge on any atom is 0.472 e. The van der Waals surface area contributed by atoms with E-state index in [4.69, 9.17) is 37.0 Å². The van der Waals surface area contributed by atoms with Crippen LogP contribution in [0.3, 0.4) is 0 Å². The molecular formula is C70H136O17P2. The lowest BCUT2D eigenvalue weighted by atomic mass is 10.0. The number of carbonyl (C=O) groups is 4. The molecule has 0 aromatic rings. The molecule has 3 N–H and O–H groups in total. The Morgan fingerprint density at radius 2 is 0.517 bits per heavy atom. The predicted molar refractivity (Wildman–Crippen MR) is 358 cm³/mol. The first kappa shape index (κ1) is 87.1. The molecule has 0 aromatic carbocycles. The van der Waals surface area contributed by atoms with E-state index < -0.39 is 97.5 Å². The van der Waals surface area contributed by atoms with Crippen LogP contribution in [0.2, 0.25) is 0 Å². The number of aliphatic hydroxyl groups is 1. The zero-order valence-electron chi connectivity index (χ0n) is 57.7. The first-order chi connectivity index (χ1) is 42.9. The van der Waals surface area contributed by atoms with Crippen molar-refractivity contribution in [1.29, 1.82) is 0 Å². The van der Waals surface area contributed by atoms with Crippen LogP contribution in [0.1, 0.15) is 356 Å². The molecular weight excluding hydrogens is 1170 g/mol. The van der Waals surface area contributed by atoms with E-state index in [2.05, 4.69) is 41.5 Å². The van der Waals surface area contributed by atoms with Crippen molar-refractivity contribution in [2.75, 3.05) is 39.6 Å². The average Bonchev–Trinajstić information content (AvgIpc) is 3.60. The number of unbranched alkanes of at least 4 members (excludes halogenated alkanes) is 39. The summed E-state index contributed by atoms with van der Waals surface area (Å²) < 4.78 is 68.1. The lowest BCUT2D eigenvalue weighted by Gasteiger charge is -2.21. The summed E-state index contributed by atoms with van der Waals surface area (Å²) in [6.45, 7) is 9.52. The highest BCUT2D eigenvalue weighted by Gasteiger charge is 2.30. The maximum atomic E-state index is 13.0. The Labute approximate surface area is 543 Å². The first-order valence-corrected chi connectivity index (χ1v) is 39.5. The van der Waals surface area contributed by atoms with Gasteiger partial charge in [0.1, 0.15) is 19.3 Å². The monoisotopic (exact) mass is 1310 g/mol. The summed E-state index contributed by atoms with van der Waals surface area (Å²) >= 11 is 0. The third kappa shape index (κ3) is 64.6. The molecule has 0 aliphatic rings. The van der Waals surface area contributed by atoms with Crippen molar-refractivity contribution in [2.45, 2.75) is 374 Å². The summed E-state index contributed by atoms with van der Waals surface area (Å²) in [6, 6.07) is 0. The van der Waals surface area contributed by atoms with Crippen molar-refractivity contribution >= 4 is 39.5 Å². The molecule has 0 amide bonds. The SMILES string of the molecule is CCCCCCCCCCCC(=O)O[C@H](COC(=O)CCCCCCCCC)COP(=O)(O)OC[C@H](O)COP(=O)(O)OC[C@@H](COC(=O)CCCCCCCCCCCCCC(C)C)OC(=O)CCCCCCCCCCCCCCCCCCC(C)C. The van der Waals surface area contributed by atoms with Gasteiger partial charge in [-0.2, -0.15) is 0 Å². The second kappa shape index (κ2) is 62.2. The Kier molecular flexibility index (Phi) is 60.8. The van der Waals surface area contributed by atoms with Crippen LogP contribution in [0.15, 0.2) is 0 Å². The zero-order valence-corrected chi connectivity index (χ0v) is 59.5. The Bertz CT molecular complexity index is 1730. The lowest BCUT2D eigenvalue weighted by Crippen LogP contribution is -2.30. The molecule has 0 heterocycles. The van der Waals surface area contributed by atoms with Gasteiger partial charge in [0.15, 0.2) is 12.2 Å². The van der Waals surface area contributed by atoms with E-state index in [1.165, 1.54) is 161 Å². The molecule has 0 bridgehead atoms. The topological polar surface area (TPSA) is 237 Å². The van der Waals surface area contributed by atoms with Gasteiger partial charge in [-0.25, -0.2) is 9.13 Å². The molecule has 17 nitrogen and oxygen atoms in total. The Morgan fingerprint density at radius 1 is 0.303 bits per heavy atom. The van der Waals surface area contributed by atoms with Crippen molar-refractivity contribution in [1.82, 2.24) is 0 Å². The van der Waals surface area contributed by atoms with E-state index in [0.717, 1.165) is 115 Å². The van der Waals surface area contributed by atoms with E-state index in [0.29, 0.717) is 25.7 Å². The average molecular weight is 1310 g/mol. The minimum Gasteiger partial charge on any atom is -0.462 e. The summed E-state index contributed by atoms with van der Waals surface area (Å²) in [4.78, 5) is 72.3. The van der Waals surface area contributed by atoms with Crippen LogP contribution in [0.5, 0.6) is 0 Å². The van der Waals surface area contributed by atoms with Gasteiger partial charge in [-0.15, -0.1) is 0 Å². The predicted octanol–water partition coefficient (Wildman–Crippen LogP) is 20.0. The number of phosphoric ester groups is 2. The molecule has 0 spiro atoms. The normalized spacial score (nSPS) is 14.1. The van der Waals surface area contributed by atoms with Gasteiger partial charge in [0, 0.05) is 25.7 Å². The van der Waals surface area contributed by atoms with Gasteiger partial charge < -0.3 is 33.8 Å². The van der Waals surface area contributed by atoms with Crippen molar-refractivity contribution < 1.29 is 80.2 Å². The second-order valence-electron chi connectivity index (χ2n) is 26.2. The molecule has 0 aromatic heterocycles. The highest BCUT2D eigenvalue weighted by atomic mass is 31.2. The third-order valence-corrected chi connectivity index (χ3v) is 18.1. The standard InChI is InChI=1S/C70H136O17P2/c1-7-9-11-13-15-27-36-42-48-54-69(74)86-65(58-80-67(72)52-46-40-32-14-12-10-8-2)60-84-88(76,77)82-56-64(71)57-83-89(78,79)85-61-66(59-81-68(73)53-47-41-35-30-26-22-24-29-34-39-45-51-63(5)6)87-70(75)55-49-43-37-31-25-21-19-17-16-18-20-23-28-33-38-44-50-62(3)4/h62-66,71H,7-61H2,1-6H3,(H,76,77)(H,78,79)/t64-,65+,66+/m0/s1. The number of phosphoric acid groups is 2. The number of rotatable bonds is 69. The molecule has 0 rings (SSSR count). The van der Waals surface area contributed by atoms with Crippen molar-refractivity contribution in [2.24, 2.45) is 11.8 Å². The van der Waals surface area contributed by atoms with Crippen LogP contribution >= 0.6 is 15.6 Å². The summed E-state index contributed by atoms with van der Waals surface area (Å²) in [6.07, 6.45) is 47.4. The Morgan fingerprint density at radius 3 is 0.764 bits per heavy atom. The first-order valence-electron chi connectivity index (χ1n) is 36.5. The lowest BCUT2D eigenvalue weighted by molar-refractivity contribution is -0.161. The molecule has 5 atom stereocenters. The molecule has 0 aliphatic heterocycles. The minimum atomic E-state index is -4.95. The fourth-order valence-corrected chi connectivity index (χ4v) is 12.2. The molecule has 0 aliphatic carbocycles. The fraction of sp³-hybridized carbons (Fsp3) is 0.943. The van der Waals surface area contributed by atoms with Crippen molar-refractivity contribution in [3.05, 3.63) is 0 Å². The third-order valence-electron chi connectivity index (χ3n) is 16.2. The summed E-state index contributed by atoms with van der Waals surface area (Å²) in [7, 11) is -9.89. The molecule has 0 fully saturated rings. The molecule has 0 saturated heterocycles. The van der Waals surface area contributed by atoms with E-state index >= 15 is 0 Å². The van der Waals surface area contributed by atoms with Gasteiger partial charge in [0.05, 0.1) is 26.4 Å². The van der Waals surface area contributed by atoms with Crippen LogP contribution in [0.4, 0.5) is 0 Å². The van der Waals surface area contributed by atoms with Crippen LogP contribution in [-0.2, 0) is 65.4 Å². The summed E-state index contributed by atoms with van der Waals surface area (Å²) in [5.41, 5.74) is 0. The molecule has 19 heteroatoms. The Balaban J connectivity index is 5.17. The van der Waals surface area contributed by atoms with Crippen LogP contribution in [0, 0.1) is 11.8 Å². The van der Waals surface area contributed by atoms with E-state index in [9.17, 15) is 43.2 Å². The number of esters is 4. The van der Waals surface area contributed by atoms with Gasteiger partial charge in [-0.3, -0.25) is 37.3 Å². The molecule has 0 saturated carbocycles. The van der Waals surface area contributed by atoms with E-state index in [1.54, 1.807) is 0 Å². The highest BCUT2D eigenvalue weighted by Crippen LogP contribution is 2.45. The minimum absolute atomic E-state index is 0.105. The largest absolute Gasteiger partial charge is 0.472 e. The Hall–Kier alpha value is -1.94. The van der Waals surface area contributed by atoms with Crippen LogP contribution < -0.4 is 0 Å². The summed E-state index contributed by atoms with van der Waals surface area (Å²) in [5, 5.41) is 10.6. The van der Waals surface area contributed by atoms with Crippen LogP contribution in [0.25, 0.3) is 0 Å². The molecule has 0 radical (unpaired) electrons. The summed E-state index contributed by atoms with van der Waals surface area (Å²) in [5.74, 6) is -0.549. The quantitative estimate of drug-likeness (QED) is 0.0222.